The minimum Gasteiger partial charge on any atom is -0.366 e. The van der Waals surface area contributed by atoms with Crippen LogP contribution in [0.4, 0.5) is 0 Å². The second kappa shape index (κ2) is 2.82. The molecule has 1 aliphatic heterocycles. The number of epoxide rings is 1. The third kappa shape index (κ3) is 2.19. The molecule has 0 aromatic rings. The zero-order valence-corrected chi connectivity index (χ0v) is 7.55. The van der Waals surface area contributed by atoms with E-state index < -0.39 is 0 Å². The van der Waals surface area contributed by atoms with E-state index in [1.165, 1.54) is 5.57 Å². The fraction of sp³-hybridized carbons (Fsp3) is 0.600. The minimum atomic E-state index is 0.123. The number of ether oxygens (including phenoxy) is 1. The summed E-state index contributed by atoms with van der Waals surface area (Å²) in [6.07, 6.45) is 5.49. The lowest BCUT2D eigenvalue weighted by Gasteiger charge is -1.92. The van der Waals surface area contributed by atoms with Gasteiger partial charge >= 0.3 is 0 Å². The molecular formula is C10H16O. The second-order valence-corrected chi connectivity index (χ2v) is 3.60. The molecule has 0 amide bonds. The summed E-state index contributed by atoms with van der Waals surface area (Å²) in [6.45, 7) is 9.98. The summed E-state index contributed by atoms with van der Waals surface area (Å²) in [4.78, 5) is 0. The first-order chi connectivity index (χ1) is 5.06. The maximum atomic E-state index is 5.42. The Balaban J connectivity index is 2.30. The van der Waals surface area contributed by atoms with Gasteiger partial charge in [-0.05, 0) is 27.2 Å². The summed E-state index contributed by atoms with van der Waals surface area (Å²) in [5.74, 6) is 0. The van der Waals surface area contributed by atoms with Gasteiger partial charge in [0.25, 0.3) is 0 Å². The molecule has 0 unspecified atom stereocenters. The summed E-state index contributed by atoms with van der Waals surface area (Å²) in [5, 5.41) is 0. The summed E-state index contributed by atoms with van der Waals surface area (Å²) in [5.41, 5.74) is 1.36. The Bertz CT molecular complexity index is 189. The van der Waals surface area contributed by atoms with Gasteiger partial charge < -0.3 is 4.74 Å². The van der Waals surface area contributed by atoms with Gasteiger partial charge in [-0.3, -0.25) is 0 Å². The van der Waals surface area contributed by atoms with Gasteiger partial charge in [0.05, 0.1) is 11.7 Å². The average Bonchev–Trinajstić information content (AvgIpc) is 2.54. The molecular weight excluding hydrogens is 136 g/mol. The highest BCUT2D eigenvalue weighted by Gasteiger charge is 2.46. The van der Waals surface area contributed by atoms with Crippen LogP contribution in [-0.4, -0.2) is 11.7 Å². The Kier molecular flexibility index (Phi) is 2.19. The van der Waals surface area contributed by atoms with Crippen molar-refractivity contribution in [2.24, 2.45) is 0 Å². The van der Waals surface area contributed by atoms with Crippen molar-refractivity contribution in [2.45, 2.75) is 38.9 Å². The van der Waals surface area contributed by atoms with Crippen molar-refractivity contribution in [2.75, 3.05) is 0 Å². The Morgan fingerprint density at radius 1 is 1.64 bits per heavy atom. The maximum absolute atomic E-state index is 5.42. The average molecular weight is 152 g/mol. The molecule has 1 atom stereocenters. The van der Waals surface area contributed by atoms with Crippen LogP contribution in [0.25, 0.3) is 0 Å². The Labute approximate surface area is 68.8 Å². The van der Waals surface area contributed by atoms with Crippen LogP contribution in [0, 0.1) is 0 Å². The Hall–Kier alpha value is -0.560. The van der Waals surface area contributed by atoms with E-state index in [-0.39, 0.29) is 5.60 Å². The monoisotopic (exact) mass is 152 g/mol. The normalized spacial score (nSPS) is 28.3. The molecule has 0 aromatic carbocycles. The van der Waals surface area contributed by atoms with Crippen molar-refractivity contribution in [3.05, 3.63) is 24.3 Å². The van der Waals surface area contributed by atoms with E-state index in [9.17, 15) is 0 Å². The van der Waals surface area contributed by atoms with Crippen molar-refractivity contribution in [1.29, 1.82) is 0 Å². The molecule has 1 aliphatic rings. The molecule has 1 nitrogen and oxygen atoms in total. The fourth-order valence-electron chi connectivity index (χ4n) is 1.04. The standard InChI is InChI=1S/C10H16O/c1-5-8(2)6-7-9-10(3,4)11-9/h5-6,9H,1,7H2,2-4H3/b8-6+/t9-/m0/s1. The van der Waals surface area contributed by atoms with Gasteiger partial charge in [-0.1, -0.05) is 24.3 Å². The molecule has 62 valence electrons. The lowest BCUT2D eigenvalue weighted by Crippen LogP contribution is -2.01. The smallest absolute Gasteiger partial charge is 0.0902 e. The van der Waals surface area contributed by atoms with Gasteiger partial charge in [0.1, 0.15) is 0 Å². The van der Waals surface area contributed by atoms with Crippen molar-refractivity contribution >= 4 is 0 Å². The molecule has 0 radical (unpaired) electrons. The number of hydrogen-bond donors (Lipinski definition) is 0. The highest BCUT2D eigenvalue weighted by atomic mass is 16.6. The first-order valence-corrected chi connectivity index (χ1v) is 4.03. The van der Waals surface area contributed by atoms with Crippen molar-refractivity contribution in [1.82, 2.24) is 0 Å². The largest absolute Gasteiger partial charge is 0.366 e. The van der Waals surface area contributed by atoms with E-state index in [1.54, 1.807) is 0 Å². The molecule has 0 spiro atoms. The van der Waals surface area contributed by atoms with E-state index in [0.29, 0.717) is 6.10 Å². The molecule has 1 heterocycles. The van der Waals surface area contributed by atoms with Crippen LogP contribution in [0.2, 0.25) is 0 Å². The highest BCUT2D eigenvalue weighted by Crippen LogP contribution is 2.37. The molecule has 1 fully saturated rings. The van der Waals surface area contributed by atoms with E-state index in [4.69, 9.17) is 4.74 Å². The zero-order chi connectivity index (χ0) is 8.48. The van der Waals surface area contributed by atoms with E-state index in [2.05, 4.69) is 33.4 Å². The molecule has 1 saturated heterocycles. The minimum absolute atomic E-state index is 0.123. The molecule has 1 heteroatoms. The summed E-state index contributed by atoms with van der Waals surface area (Å²) >= 11 is 0. The number of hydrogen-bond acceptors (Lipinski definition) is 1. The van der Waals surface area contributed by atoms with Crippen molar-refractivity contribution in [3.8, 4) is 0 Å². The predicted molar refractivity (Wildman–Crippen MR) is 47.5 cm³/mol. The summed E-state index contributed by atoms with van der Waals surface area (Å²) < 4.78 is 5.42. The second-order valence-electron chi connectivity index (χ2n) is 3.60. The lowest BCUT2D eigenvalue weighted by atomic mass is 10.1. The van der Waals surface area contributed by atoms with Crippen LogP contribution < -0.4 is 0 Å². The number of allylic oxidation sites excluding steroid dienone is 2. The maximum Gasteiger partial charge on any atom is 0.0902 e. The SMILES string of the molecule is C=C/C(C)=C/C[C@@H]1OC1(C)C. The van der Waals surface area contributed by atoms with Crippen LogP contribution >= 0.6 is 0 Å². The molecule has 1 rings (SSSR count). The molecule has 0 saturated carbocycles. The van der Waals surface area contributed by atoms with Crippen LogP contribution in [0.15, 0.2) is 24.3 Å². The Morgan fingerprint density at radius 3 is 2.55 bits per heavy atom. The first-order valence-electron chi connectivity index (χ1n) is 4.03. The molecule has 0 N–H and O–H groups in total. The lowest BCUT2D eigenvalue weighted by molar-refractivity contribution is 0.324. The first kappa shape index (κ1) is 8.54. The zero-order valence-electron chi connectivity index (χ0n) is 7.55. The van der Waals surface area contributed by atoms with Gasteiger partial charge in [-0.15, -0.1) is 0 Å². The van der Waals surface area contributed by atoms with E-state index in [1.807, 2.05) is 6.08 Å². The molecule has 0 bridgehead atoms. The van der Waals surface area contributed by atoms with Gasteiger partial charge in [-0.25, -0.2) is 0 Å². The van der Waals surface area contributed by atoms with Gasteiger partial charge in [0, 0.05) is 0 Å². The van der Waals surface area contributed by atoms with E-state index >= 15 is 0 Å². The van der Waals surface area contributed by atoms with Crippen LogP contribution in [0.3, 0.4) is 0 Å². The quantitative estimate of drug-likeness (QED) is 0.447. The summed E-state index contributed by atoms with van der Waals surface area (Å²) in [6, 6.07) is 0. The van der Waals surface area contributed by atoms with Crippen LogP contribution in [0.5, 0.6) is 0 Å². The van der Waals surface area contributed by atoms with Crippen molar-refractivity contribution < 1.29 is 4.74 Å². The Morgan fingerprint density at radius 2 is 2.18 bits per heavy atom. The van der Waals surface area contributed by atoms with Gasteiger partial charge in [0.15, 0.2) is 0 Å². The number of rotatable bonds is 3. The van der Waals surface area contributed by atoms with Crippen molar-refractivity contribution in [3.63, 3.8) is 0 Å². The van der Waals surface area contributed by atoms with Crippen LogP contribution in [0.1, 0.15) is 27.2 Å². The molecule has 0 aromatic heterocycles. The summed E-state index contributed by atoms with van der Waals surface area (Å²) in [7, 11) is 0. The van der Waals surface area contributed by atoms with Gasteiger partial charge in [0.2, 0.25) is 0 Å². The molecule has 11 heavy (non-hydrogen) atoms. The van der Waals surface area contributed by atoms with Crippen LogP contribution in [-0.2, 0) is 4.74 Å². The van der Waals surface area contributed by atoms with Gasteiger partial charge in [-0.2, -0.15) is 0 Å². The van der Waals surface area contributed by atoms with E-state index in [0.717, 1.165) is 6.42 Å². The third-order valence-corrected chi connectivity index (χ3v) is 2.14. The highest BCUT2D eigenvalue weighted by molar-refractivity contribution is 5.14. The predicted octanol–water partition coefficient (Wildman–Crippen LogP) is 2.69. The fourth-order valence-corrected chi connectivity index (χ4v) is 1.04. The third-order valence-electron chi connectivity index (χ3n) is 2.14. The topological polar surface area (TPSA) is 12.5 Å². The molecule has 0 aliphatic carbocycles.